The SMILES string of the molecule is CN(CCCCc1ccc(C2NC=C(CNC(=O)OC(C)(C)C)S2)cc1)C1CC1. The smallest absolute Gasteiger partial charge is 0.407 e. The summed E-state index contributed by atoms with van der Waals surface area (Å²) in [5.74, 6) is 0. The lowest BCUT2D eigenvalue weighted by molar-refractivity contribution is 0.0533. The van der Waals surface area contributed by atoms with Crippen molar-refractivity contribution in [3.63, 3.8) is 0 Å². The number of aryl methyl sites for hydroxylation is 1. The second-order valence-corrected chi connectivity index (χ2v) is 10.3. The van der Waals surface area contributed by atoms with Crippen LogP contribution < -0.4 is 10.6 Å². The molecule has 2 N–H and O–H groups in total. The molecule has 1 aliphatic heterocycles. The van der Waals surface area contributed by atoms with E-state index in [1.54, 1.807) is 11.8 Å². The number of hydrogen-bond donors (Lipinski definition) is 2. The number of nitrogens with zero attached hydrogens (tertiary/aromatic N) is 1. The molecule has 0 bridgehead atoms. The highest BCUT2D eigenvalue weighted by atomic mass is 32.2. The molecule has 1 unspecified atom stereocenters. The van der Waals surface area contributed by atoms with Gasteiger partial charge in [0.1, 0.15) is 11.0 Å². The summed E-state index contributed by atoms with van der Waals surface area (Å²) in [5.41, 5.74) is 2.19. The van der Waals surface area contributed by atoms with Crippen LogP contribution in [0.3, 0.4) is 0 Å². The molecule has 1 amide bonds. The van der Waals surface area contributed by atoms with Crippen LogP contribution in [-0.2, 0) is 11.2 Å². The summed E-state index contributed by atoms with van der Waals surface area (Å²) < 4.78 is 5.28. The summed E-state index contributed by atoms with van der Waals surface area (Å²) in [6, 6.07) is 9.80. The Labute approximate surface area is 179 Å². The Morgan fingerprint density at radius 1 is 1.24 bits per heavy atom. The average Bonchev–Trinajstić information content (AvgIpc) is 3.41. The van der Waals surface area contributed by atoms with E-state index in [-0.39, 0.29) is 11.5 Å². The Morgan fingerprint density at radius 3 is 2.62 bits per heavy atom. The molecule has 1 aromatic rings. The molecule has 0 spiro atoms. The number of carbonyl (C=O) groups excluding carboxylic acids is 1. The molecule has 5 nitrogen and oxygen atoms in total. The molecule has 1 aromatic carbocycles. The summed E-state index contributed by atoms with van der Waals surface area (Å²) in [7, 11) is 2.25. The van der Waals surface area contributed by atoms with Crippen molar-refractivity contribution in [3.8, 4) is 0 Å². The number of nitrogens with one attached hydrogen (secondary N) is 2. The lowest BCUT2D eigenvalue weighted by atomic mass is 10.1. The molecule has 1 saturated carbocycles. The van der Waals surface area contributed by atoms with Crippen molar-refractivity contribution in [2.45, 2.75) is 69.9 Å². The van der Waals surface area contributed by atoms with Crippen molar-refractivity contribution in [1.82, 2.24) is 15.5 Å². The van der Waals surface area contributed by atoms with Crippen molar-refractivity contribution >= 4 is 17.9 Å². The Bertz CT molecular complexity index is 708. The molecule has 1 atom stereocenters. The molecule has 1 heterocycles. The van der Waals surface area contributed by atoms with Gasteiger partial charge in [0.15, 0.2) is 0 Å². The minimum Gasteiger partial charge on any atom is -0.444 e. The fourth-order valence-corrected chi connectivity index (χ4v) is 4.39. The lowest BCUT2D eigenvalue weighted by Crippen LogP contribution is -2.33. The Morgan fingerprint density at radius 2 is 1.97 bits per heavy atom. The van der Waals surface area contributed by atoms with Gasteiger partial charge in [0.25, 0.3) is 0 Å². The largest absolute Gasteiger partial charge is 0.444 e. The van der Waals surface area contributed by atoms with Gasteiger partial charge < -0.3 is 20.3 Å². The molecule has 0 radical (unpaired) electrons. The van der Waals surface area contributed by atoms with E-state index in [9.17, 15) is 4.79 Å². The van der Waals surface area contributed by atoms with E-state index < -0.39 is 5.60 Å². The van der Waals surface area contributed by atoms with Gasteiger partial charge in [-0.2, -0.15) is 0 Å². The van der Waals surface area contributed by atoms with E-state index in [1.165, 1.54) is 43.4 Å². The van der Waals surface area contributed by atoms with Gasteiger partial charge in [0.2, 0.25) is 0 Å². The molecule has 0 aromatic heterocycles. The van der Waals surface area contributed by atoms with Crippen molar-refractivity contribution < 1.29 is 9.53 Å². The zero-order chi connectivity index (χ0) is 20.9. The third-order valence-electron chi connectivity index (χ3n) is 5.15. The van der Waals surface area contributed by atoms with Crippen LogP contribution in [0.4, 0.5) is 4.79 Å². The van der Waals surface area contributed by atoms with Crippen LogP contribution in [0.5, 0.6) is 0 Å². The number of amides is 1. The van der Waals surface area contributed by atoms with Crippen LogP contribution in [0, 0.1) is 0 Å². The van der Waals surface area contributed by atoms with Gasteiger partial charge in [-0.05, 0) is 77.6 Å². The predicted octanol–water partition coefficient (Wildman–Crippen LogP) is 4.80. The van der Waals surface area contributed by atoms with Gasteiger partial charge in [-0.1, -0.05) is 36.0 Å². The van der Waals surface area contributed by atoms with Crippen LogP contribution in [0.25, 0.3) is 0 Å². The fraction of sp³-hybridized carbons (Fsp3) is 0.609. The van der Waals surface area contributed by atoms with Gasteiger partial charge in [-0.3, -0.25) is 0 Å². The zero-order valence-electron chi connectivity index (χ0n) is 18.2. The number of alkyl carbamates (subject to hydrolysis) is 1. The molecule has 1 aliphatic carbocycles. The number of unbranched alkanes of at least 4 members (excludes halogenated alkanes) is 1. The maximum atomic E-state index is 11.8. The van der Waals surface area contributed by atoms with E-state index in [0.717, 1.165) is 17.4 Å². The number of hydrogen-bond acceptors (Lipinski definition) is 5. The Balaban J connectivity index is 1.35. The van der Waals surface area contributed by atoms with Crippen molar-refractivity contribution in [2.75, 3.05) is 20.1 Å². The van der Waals surface area contributed by atoms with Crippen molar-refractivity contribution in [3.05, 3.63) is 46.5 Å². The van der Waals surface area contributed by atoms with Gasteiger partial charge in [0, 0.05) is 17.1 Å². The van der Waals surface area contributed by atoms with Crippen molar-refractivity contribution in [2.24, 2.45) is 0 Å². The minimum atomic E-state index is -0.475. The highest BCUT2D eigenvalue weighted by Gasteiger charge is 2.25. The first-order valence-corrected chi connectivity index (χ1v) is 11.6. The number of benzene rings is 1. The van der Waals surface area contributed by atoms with Crippen LogP contribution >= 0.6 is 11.8 Å². The standard InChI is InChI=1S/C23H35N3O2S/c1-23(2,3)28-22(27)25-16-20-15-24-21(29-20)18-10-8-17(9-11-18)7-5-6-14-26(4)19-12-13-19/h8-11,15,19,21,24H,5-7,12-14,16H2,1-4H3,(H,25,27). The van der Waals surface area contributed by atoms with E-state index >= 15 is 0 Å². The Kier molecular flexibility index (Phi) is 7.52. The summed E-state index contributed by atoms with van der Waals surface area (Å²) in [5, 5.41) is 6.42. The predicted molar refractivity (Wildman–Crippen MR) is 121 cm³/mol. The number of rotatable bonds is 9. The van der Waals surface area contributed by atoms with E-state index in [2.05, 4.69) is 46.8 Å². The summed E-state index contributed by atoms with van der Waals surface area (Å²) in [6.45, 7) is 7.30. The van der Waals surface area contributed by atoms with Crippen LogP contribution in [0.15, 0.2) is 35.4 Å². The first-order chi connectivity index (χ1) is 13.8. The molecular formula is C23H35N3O2S. The summed E-state index contributed by atoms with van der Waals surface area (Å²) in [6.07, 6.45) is 8.04. The van der Waals surface area contributed by atoms with Crippen LogP contribution in [0.2, 0.25) is 0 Å². The van der Waals surface area contributed by atoms with E-state index in [1.807, 2.05) is 27.0 Å². The Hall–Kier alpha value is -1.66. The minimum absolute atomic E-state index is 0.201. The quantitative estimate of drug-likeness (QED) is 0.565. The first-order valence-electron chi connectivity index (χ1n) is 10.7. The van der Waals surface area contributed by atoms with Gasteiger partial charge in [0.05, 0.1) is 6.54 Å². The lowest BCUT2D eigenvalue weighted by Gasteiger charge is -2.19. The molecule has 29 heavy (non-hydrogen) atoms. The second kappa shape index (κ2) is 9.90. The summed E-state index contributed by atoms with van der Waals surface area (Å²) in [4.78, 5) is 15.4. The molecule has 160 valence electrons. The monoisotopic (exact) mass is 417 g/mol. The zero-order valence-corrected chi connectivity index (χ0v) is 19.0. The van der Waals surface area contributed by atoms with Gasteiger partial charge in [-0.15, -0.1) is 0 Å². The topological polar surface area (TPSA) is 53.6 Å². The van der Waals surface area contributed by atoms with Gasteiger partial charge in [-0.25, -0.2) is 4.79 Å². The molecule has 1 fully saturated rings. The molecular weight excluding hydrogens is 382 g/mol. The second-order valence-electron chi connectivity index (χ2n) is 9.04. The number of carbonyl (C=O) groups is 1. The number of ether oxygens (including phenoxy) is 1. The first kappa shape index (κ1) is 22.0. The third kappa shape index (κ3) is 7.59. The summed E-state index contributed by atoms with van der Waals surface area (Å²) >= 11 is 1.74. The molecule has 0 saturated heterocycles. The fourth-order valence-electron chi connectivity index (χ4n) is 3.37. The third-order valence-corrected chi connectivity index (χ3v) is 6.36. The molecule has 2 aliphatic rings. The highest BCUT2D eigenvalue weighted by molar-refractivity contribution is 8.03. The van der Waals surface area contributed by atoms with E-state index in [0.29, 0.717) is 6.54 Å². The van der Waals surface area contributed by atoms with Crippen LogP contribution in [-0.4, -0.2) is 42.8 Å². The highest BCUT2D eigenvalue weighted by Crippen LogP contribution is 2.36. The maximum absolute atomic E-state index is 11.8. The molecule has 6 heteroatoms. The average molecular weight is 418 g/mol. The normalized spacial score (nSPS) is 19.1. The molecule has 3 rings (SSSR count). The van der Waals surface area contributed by atoms with Crippen molar-refractivity contribution in [1.29, 1.82) is 0 Å². The number of thioether (sulfide) groups is 1. The maximum Gasteiger partial charge on any atom is 0.407 e. The van der Waals surface area contributed by atoms with Gasteiger partial charge >= 0.3 is 6.09 Å². The van der Waals surface area contributed by atoms with Crippen LogP contribution in [0.1, 0.15) is 63.0 Å². The van der Waals surface area contributed by atoms with E-state index in [4.69, 9.17) is 4.74 Å².